The molecule has 0 radical (unpaired) electrons. The lowest BCUT2D eigenvalue weighted by Gasteiger charge is -2.12. The second kappa shape index (κ2) is 5.13. The summed E-state index contributed by atoms with van der Waals surface area (Å²) in [4.78, 5) is 10.6. The van der Waals surface area contributed by atoms with E-state index in [1.807, 2.05) is 29.1 Å². The first-order valence-corrected chi connectivity index (χ1v) is 6.43. The van der Waals surface area contributed by atoms with Gasteiger partial charge in [0.2, 0.25) is 6.21 Å². The van der Waals surface area contributed by atoms with Crippen LogP contribution >= 0.6 is 0 Å². The van der Waals surface area contributed by atoms with Crippen LogP contribution in [0.25, 0.3) is 0 Å². The lowest BCUT2D eigenvalue weighted by Crippen LogP contribution is -2.27. The molecule has 2 aromatic carbocycles. The number of hydrogen-bond acceptors (Lipinski definition) is 3. The number of nitrogens with one attached hydrogen (secondary N) is 1. The number of hydrazine groups is 1. The molecule has 0 aromatic heterocycles. The fourth-order valence-corrected chi connectivity index (χ4v) is 2.33. The number of nitrogens with zero attached hydrogens (tertiary/aromatic N) is 2. The molecule has 0 unspecified atom stereocenters. The summed E-state index contributed by atoms with van der Waals surface area (Å²) >= 11 is 0. The topological polar surface area (TPSA) is 58.2 Å². The van der Waals surface area contributed by atoms with Crippen LogP contribution in [0.3, 0.4) is 0 Å². The van der Waals surface area contributed by atoms with E-state index in [0.29, 0.717) is 5.69 Å². The molecule has 0 saturated heterocycles. The molecule has 1 heterocycles. The van der Waals surface area contributed by atoms with Gasteiger partial charge in [-0.2, -0.15) is 5.43 Å². The molecular formula is C15H14N3O2+. The summed E-state index contributed by atoms with van der Waals surface area (Å²) in [7, 11) is 0. The average molecular weight is 268 g/mol. The third-order valence-corrected chi connectivity index (χ3v) is 3.34. The van der Waals surface area contributed by atoms with E-state index in [2.05, 4.69) is 11.5 Å². The van der Waals surface area contributed by atoms with Crippen LogP contribution in [-0.2, 0) is 6.42 Å². The number of rotatable bonds is 3. The molecule has 3 rings (SSSR count). The molecule has 20 heavy (non-hydrogen) atoms. The Bertz CT molecular complexity index is 695. The first kappa shape index (κ1) is 12.3. The minimum Gasteiger partial charge on any atom is -0.258 e. The van der Waals surface area contributed by atoms with Crippen LogP contribution < -0.4 is 5.43 Å². The monoisotopic (exact) mass is 268 g/mol. The maximum atomic E-state index is 11.0. The highest BCUT2D eigenvalue weighted by Gasteiger charge is 2.20. The molecule has 5 nitrogen and oxygen atoms in total. The van der Waals surface area contributed by atoms with Gasteiger partial charge in [-0.05, 0) is 17.7 Å². The lowest BCUT2D eigenvalue weighted by molar-refractivity contribution is -0.493. The van der Waals surface area contributed by atoms with Crippen LogP contribution in [0.5, 0.6) is 0 Å². The Morgan fingerprint density at radius 3 is 2.70 bits per heavy atom. The molecule has 0 bridgehead atoms. The van der Waals surface area contributed by atoms with Crippen LogP contribution in [0.15, 0.2) is 48.5 Å². The lowest BCUT2D eigenvalue weighted by atomic mass is 10.0. The largest absolute Gasteiger partial charge is 0.298 e. The van der Waals surface area contributed by atoms with Crippen molar-refractivity contribution in [3.8, 4) is 0 Å². The van der Waals surface area contributed by atoms with Gasteiger partial charge >= 0.3 is 0 Å². The quantitative estimate of drug-likeness (QED) is 0.529. The van der Waals surface area contributed by atoms with E-state index in [1.54, 1.807) is 18.2 Å². The molecule has 0 amide bonds. The first-order chi connectivity index (χ1) is 9.74. The van der Waals surface area contributed by atoms with Gasteiger partial charge in [0.15, 0.2) is 12.2 Å². The minimum atomic E-state index is -0.375. The zero-order chi connectivity index (χ0) is 13.9. The van der Waals surface area contributed by atoms with Crippen LogP contribution in [0.1, 0.15) is 11.1 Å². The van der Waals surface area contributed by atoms with Gasteiger partial charge in [0, 0.05) is 18.1 Å². The highest BCUT2D eigenvalue weighted by molar-refractivity contribution is 5.79. The second-order valence-corrected chi connectivity index (χ2v) is 4.66. The summed E-state index contributed by atoms with van der Waals surface area (Å²) in [6.07, 6.45) is 2.90. The van der Waals surface area contributed by atoms with E-state index in [9.17, 15) is 10.1 Å². The highest BCUT2D eigenvalue weighted by atomic mass is 16.6. The fourth-order valence-electron chi connectivity index (χ4n) is 2.33. The van der Waals surface area contributed by atoms with Crippen molar-refractivity contribution in [2.45, 2.75) is 6.42 Å². The van der Waals surface area contributed by atoms with Crippen molar-refractivity contribution in [1.29, 1.82) is 0 Å². The predicted octanol–water partition coefficient (Wildman–Crippen LogP) is 2.61. The van der Waals surface area contributed by atoms with Crippen molar-refractivity contribution in [3.05, 3.63) is 69.8 Å². The predicted molar refractivity (Wildman–Crippen MR) is 77.2 cm³/mol. The van der Waals surface area contributed by atoms with Crippen molar-refractivity contribution in [3.63, 3.8) is 0 Å². The number of benzene rings is 2. The molecule has 0 atom stereocenters. The summed E-state index contributed by atoms with van der Waals surface area (Å²) in [6.45, 7) is 0.781. The first-order valence-electron chi connectivity index (χ1n) is 6.43. The molecule has 2 aromatic rings. The van der Waals surface area contributed by atoms with Gasteiger partial charge in [0.05, 0.1) is 4.92 Å². The van der Waals surface area contributed by atoms with E-state index < -0.39 is 0 Å². The van der Waals surface area contributed by atoms with Crippen LogP contribution in [0, 0.1) is 10.1 Å². The normalized spacial score (nSPS) is 13.3. The number of para-hydroxylation sites is 2. The van der Waals surface area contributed by atoms with Gasteiger partial charge in [-0.15, -0.1) is 4.68 Å². The van der Waals surface area contributed by atoms with E-state index >= 15 is 0 Å². The molecule has 0 aliphatic carbocycles. The Kier molecular flexibility index (Phi) is 3.16. The summed E-state index contributed by atoms with van der Waals surface area (Å²) in [5.74, 6) is 0. The zero-order valence-corrected chi connectivity index (χ0v) is 10.8. The molecule has 1 N–H and O–H groups in total. The Hall–Kier alpha value is -2.69. The number of hydrogen-bond donors (Lipinski definition) is 1. The molecule has 100 valence electrons. The van der Waals surface area contributed by atoms with Crippen molar-refractivity contribution < 1.29 is 9.61 Å². The SMILES string of the molecule is O=[N+]([O-])c1ccccc1N[N+]1=Cc2ccccc2CC1. The average Bonchev–Trinajstić information content (AvgIpc) is 2.47. The number of anilines is 1. The highest BCUT2D eigenvalue weighted by Crippen LogP contribution is 2.23. The summed E-state index contributed by atoms with van der Waals surface area (Å²) < 4.78 is 1.89. The smallest absolute Gasteiger partial charge is 0.258 e. The van der Waals surface area contributed by atoms with Gasteiger partial charge in [0.25, 0.3) is 5.69 Å². The third-order valence-electron chi connectivity index (χ3n) is 3.34. The zero-order valence-electron chi connectivity index (χ0n) is 10.8. The summed E-state index contributed by atoms with van der Waals surface area (Å²) in [6, 6.07) is 14.8. The van der Waals surface area contributed by atoms with E-state index in [0.717, 1.165) is 18.5 Å². The van der Waals surface area contributed by atoms with E-state index in [-0.39, 0.29) is 10.6 Å². The number of nitro groups is 1. The molecule has 5 heteroatoms. The summed E-state index contributed by atoms with van der Waals surface area (Å²) in [5, 5.41) is 11.0. The van der Waals surface area contributed by atoms with Crippen molar-refractivity contribution in [2.24, 2.45) is 0 Å². The fraction of sp³-hybridized carbons (Fsp3) is 0.133. The van der Waals surface area contributed by atoms with Gasteiger partial charge < -0.3 is 0 Å². The Morgan fingerprint density at radius 1 is 1.10 bits per heavy atom. The van der Waals surface area contributed by atoms with Gasteiger partial charge in [-0.25, -0.2) is 0 Å². The van der Waals surface area contributed by atoms with E-state index in [1.165, 1.54) is 11.6 Å². The van der Waals surface area contributed by atoms with Crippen LogP contribution in [0.4, 0.5) is 11.4 Å². The molecule has 0 saturated carbocycles. The Morgan fingerprint density at radius 2 is 1.85 bits per heavy atom. The Balaban J connectivity index is 1.90. The van der Waals surface area contributed by atoms with Crippen LogP contribution in [-0.4, -0.2) is 22.4 Å². The molecule has 0 spiro atoms. The third kappa shape index (κ3) is 2.38. The van der Waals surface area contributed by atoms with Gasteiger partial charge in [0.1, 0.15) is 0 Å². The van der Waals surface area contributed by atoms with Crippen molar-refractivity contribution in [2.75, 3.05) is 12.0 Å². The molecular weight excluding hydrogens is 254 g/mol. The van der Waals surface area contributed by atoms with Crippen molar-refractivity contribution >= 4 is 17.6 Å². The molecule has 1 aliphatic heterocycles. The van der Waals surface area contributed by atoms with Gasteiger partial charge in [-0.3, -0.25) is 10.1 Å². The maximum absolute atomic E-state index is 11.0. The Labute approximate surface area is 116 Å². The molecule has 1 aliphatic rings. The van der Waals surface area contributed by atoms with Gasteiger partial charge in [-0.1, -0.05) is 30.3 Å². The van der Waals surface area contributed by atoms with Crippen LogP contribution in [0.2, 0.25) is 0 Å². The number of fused-ring (bicyclic) bond motifs is 1. The molecule has 0 fully saturated rings. The standard InChI is InChI=1S/C15H14N3O2/c19-18(20)15-8-4-3-7-14(15)16-17-10-9-12-5-1-2-6-13(12)11-17/h1-8,11,16H,9-10H2/q+1. The minimum absolute atomic E-state index is 0.0831. The maximum Gasteiger partial charge on any atom is 0.298 e. The van der Waals surface area contributed by atoms with E-state index in [4.69, 9.17) is 0 Å². The summed E-state index contributed by atoms with van der Waals surface area (Å²) in [5.41, 5.74) is 6.14. The van der Waals surface area contributed by atoms with Crippen molar-refractivity contribution in [1.82, 2.24) is 0 Å². The number of nitro benzene ring substituents is 1. The number of hydrazone groups is 1. The second-order valence-electron chi connectivity index (χ2n) is 4.66.